The smallest absolute Gasteiger partial charge is 0.0834 e. The summed E-state index contributed by atoms with van der Waals surface area (Å²) >= 11 is 0. The number of pyridine rings is 1. The Morgan fingerprint density at radius 2 is 1.28 bits per heavy atom. The average molecular weight is 963 g/mol. The second kappa shape index (κ2) is 18.1. The second-order valence-electron chi connectivity index (χ2n) is 15.0. The van der Waals surface area contributed by atoms with Crippen LogP contribution < -0.4 is 0 Å². The minimum Gasteiger partial charge on any atom is -0.324 e. The molecule has 7 heteroatoms. The average Bonchev–Trinajstić information content (AvgIpc) is 3.66. The normalized spacial score (nSPS) is 11.0. The van der Waals surface area contributed by atoms with E-state index in [0.29, 0.717) is 11.3 Å². The van der Waals surface area contributed by atoms with Gasteiger partial charge in [0.05, 0.1) is 22.9 Å². The van der Waals surface area contributed by atoms with Gasteiger partial charge < -0.3 is 9.55 Å². The van der Waals surface area contributed by atoms with Crippen LogP contribution in [-0.2, 0) is 20.1 Å². The van der Waals surface area contributed by atoms with E-state index < -0.39 is 11.6 Å². The van der Waals surface area contributed by atoms with Crippen molar-refractivity contribution < 1.29 is 28.9 Å². The topological polar surface area (TPSA) is 54.5 Å². The number of nitrogens with zero attached hydrogens (tertiary/aromatic N) is 4. The van der Waals surface area contributed by atoms with Crippen molar-refractivity contribution in [2.45, 2.75) is 39.5 Å². The molecule has 1 radical (unpaired) electrons. The summed E-state index contributed by atoms with van der Waals surface area (Å²) in [4.78, 5) is 9.13. The molecule has 0 bridgehead atoms. The van der Waals surface area contributed by atoms with Gasteiger partial charge in [0.2, 0.25) is 0 Å². The van der Waals surface area contributed by atoms with E-state index in [0.717, 1.165) is 51.0 Å². The third kappa shape index (κ3) is 8.44. The van der Waals surface area contributed by atoms with Crippen molar-refractivity contribution in [3.8, 4) is 56.7 Å². The number of fused-ring (bicyclic) bond motifs is 2. The first-order chi connectivity index (χ1) is 28.7. The molecule has 0 amide bonds. The molecule has 0 saturated carbocycles. The summed E-state index contributed by atoms with van der Waals surface area (Å²) in [7, 11) is 0. The number of para-hydroxylation sites is 2. The number of benzene rings is 7. The standard InChI is InChI=1S/C42H34N3.C11H6F2N.Ir/c1-27(2)37-24-33(31-20-18-30(19-21-31)29-12-6-5-7-13-29)25-38(28(3)4)41(37)45-40-17-11-10-16-39(40)44-42(45)34-22-32-14-8-9-15-36(32)35(23-34)26-43;12-8-4-5-9(10(13)7-8)11-3-1-2-6-14-11;/h5-21,23-25,27-28H,1-4H3;1-4,6-7H;/q2*-1;. The molecule has 0 aliphatic rings. The maximum Gasteiger partial charge on any atom is 0.0834 e. The maximum absolute atomic E-state index is 13.2. The molecule has 0 spiro atoms. The SMILES string of the molecule is CC(C)c1cc(-c2ccc(-c3ccccc3)cc2)cc(C(C)C)c1-n1c(-c2[c-]c3ccccc3c(C#N)c2)nc2ccccc21.Fc1c[c-]c(-c2ccccn2)c(F)c1.[Ir]. The van der Waals surface area contributed by atoms with Crippen LogP contribution in [0.25, 0.3) is 72.4 Å². The number of aromatic nitrogens is 3. The summed E-state index contributed by atoms with van der Waals surface area (Å²) in [5, 5.41) is 11.9. The molecule has 0 atom stereocenters. The molecule has 0 unspecified atom stereocenters. The first-order valence-corrected chi connectivity index (χ1v) is 19.7. The monoisotopic (exact) mass is 963 g/mol. The molecular formula is C53H40F2IrN4-2. The minimum absolute atomic E-state index is 0. The van der Waals surface area contributed by atoms with Gasteiger partial charge in [0, 0.05) is 43.6 Å². The first kappa shape index (κ1) is 41.6. The molecule has 2 heterocycles. The fourth-order valence-corrected chi connectivity index (χ4v) is 7.50. The van der Waals surface area contributed by atoms with Gasteiger partial charge in [-0.1, -0.05) is 147 Å². The van der Waals surface area contributed by atoms with Crippen LogP contribution >= 0.6 is 0 Å². The summed E-state index contributed by atoms with van der Waals surface area (Å²) < 4.78 is 28.1. The van der Waals surface area contributed by atoms with E-state index in [1.807, 2.05) is 36.4 Å². The third-order valence-electron chi connectivity index (χ3n) is 10.4. The Kier molecular flexibility index (Phi) is 12.6. The van der Waals surface area contributed by atoms with Crippen molar-refractivity contribution in [3.05, 3.63) is 198 Å². The molecule has 7 aromatic carbocycles. The van der Waals surface area contributed by atoms with Crippen LogP contribution in [-0.4, -0.2) is 14.5 Å². The second-order valence-corrected chi connectivity index (χ2v) is 15.0. The van der Waals surface area contributed by atoms with Gasteiger partial charge in [-0.25, -0.2) is 0 Å². The molecular weight excluding hydrogens is 923 g/mol. The van der Waals surface area contributed by atoms with Crippen molar-refractivity contribution in [1.29, 1.82) is 5.26 Å². The van der Waals surface area contributed by atoms with E-state index in [2.05, 4.69) is 140 Å². The molecule has 2 aromatic heterocycles. The van der Waals surface area contributed by atoms with Crippen LogP contribution in [0.1, 0.15) is 56.2 Å². The van der Waals surface area contributed by atoms with Crippen molar-refractivity contribution in [2.75, 3.05) is 0 Å². The third-order valence-corrected chi connectivity index (χ3v) is 10.4. The molecule has 0 fully saturated rings. The number of halogens is 2. The molecule has 0 aliphatic heterocycles. The number of rotatable bonds is 7. The summed E-state index contributed by atoms with van der Waals surface area (Å²) in [5.74, 6) is 0.0173. The number of hydrogen-bond acceptors (Lipinski definition) is 3. The van der Waals surface area contributed by atoms with E-state index in [1.165, 1.54) is 33.4 Å². The van der Waals surface area contributed by atoms with Gasteiger partial charge in [-0.15, -0.1) is 35.7 Å². The minimum atomic E-state index is -0.649. The van der Waals surface area contributed by atoms with E-state index in [4.69, 9.17) is 4.98 Å². The molecule has 60 heavy (non-hydrogen) atoms. The zero-order valence-corrected chi connectivity index (χ0v) is 35.9. The van der Waals surface area contributed by atoms with Crippen LogP contribution in [0.2, 0.25) is 0 Å². The van der Waals surface area contributed by atoms with Crippen LogP contribution in [0.4, 0.5) is 8.78 Å². The number of hydrogen-bond donors (Lipinski definition) is 0. The van der Waals surface area contributed by atoms with Gasteiger partial charge in [0.25, 0.3) is 0 Å². The molecule has 0 saturated heterocycles. The fourth-order valence-electron chi connectivity index (χ4n) is 7.50. The Morgan fingerprint density at radius 1 is 0.667 bits per heavy atom. The largest absolute Gasteiger partial charge is 0.324 e. The van der Waals surface area contributed by atoms with Gasteiger partial charge in [0.15, 0.2) is 0 Å². The predicted molar refractivity (Wildman–Crippen MR) is 235 cm³/mol. The Balaban J connectivity index is 0.000000307. The number of nitriles is 1. The molecule has 0 N–H and O–H groups in total. The van der Waals surface area contributed by atoms with Gasteiger partial charge in [-0.05, 0) is 86.8 Å². The van der Waals surface area contributed by atoms with E-state index in [1.54, 1.807) is 24.4 Å². The van der Waals surface area contributed by atoms with Crippen molar-refractivity contribution >= 4 is 21.8 Å². The summed E-state index contributed by atoms with van der Waals surface area (Å²) in [6.07, 6.45) is 1.55. The zero-order valence-electron chi connectivity index (χ0n) is 33.5. The van der Waals surface area contributed by atoms with Crippen molar-refractivity contribution in [1.82, 2.24) is 14.5 Å². The Hall–Kier alpha value is -6.58. The predicted octanol–water partition coefficient (Wildman–Crippen LogP) is 13.9. The maximum atomic E-state index is 13.2. The van der Waals surface area contributed by atoms with Crippen LogP contribution in [0.3, 0.4) is 0 Å². The van der Waals surface area contributed by atoms with Gasteiger partial charge in [0.1, 0.15) is 0 Å². The summed E-state index contributed by atoms with van der Waals surface area (Å²) in [6.45, 7) is 9.06. The number of imidazole rings is 1. The Labute approximate surface area is 363 Å². The van der Waals surface area contributed by atoms with Crippen LogP contribution in [0.5, 0.6) is 0 Å². The quantitative estimate of drug-likeness (QED) is 0.150. The van der Waals surface area contributed by atoms with Crippen molar-refractivity contribution in [3.63, 3.8) is 0 Å². The first-order valence-electron chi connectivity index (χ1n) is 19.7. The summed E-state index contributed by atoms with van der Waals surface area (Å²) in [6, 6.07) is 57.9. The van der Waals surface area contributed by atoms with Gasteiger partial charge >= 0.3 is 0 Å². The molecule has 4 nitrogen and oxygen atoms in total. The Morgan fingerprint density at radius 3 is 1.93 bits per heavy atom. The van der Waals surface area contributed by atoms with Crippen LogP contribution in [0, 0.1) is 35.1 Å². The molecule has 9 rings (SSSR count). The van der Waals surface area contributed by atoms with Crippen molar-refractivity contribution in [2.24, 2.45) is 0 Å². The van der Waals surface area contributed by atoms with E-state index >= 15 is 0 Å². The van der Waals surface area contributed by atoms with E-state index in [9.17, 15) is 14.0 Å². The van der Waals surface area contributed by atoms with Gasteiger partial charge in [-0.2, -0.15) is 5.26 Å². The van der Waals surface area contributed by atoms with E-state index in [-0.39, 0.29) is 37.5 Å². The molecule has 297 valence electrons. The summed E-state index contributed by atoms with van der Waals surface area (Å²) in [5.41, 5.74) is 12.5. The van der Waals surface area contributed by atoms with Gasteiger partial charge in [-0.3, -0.25) is 13.8 Å². The zero-order chi connectivity index (χ0) is 41.0. The molecule has 9 aromatic rings. The Bertz CT molecular complexity index is 2940. The molecule has 0 aliphatic carbocycles. The van der Waals surface area contributed by atoms with Crippen LogP contribution in [0.15, 0.2) is 158 Å². The fraction of sp³-hybridized carbons (Fsp3) is 0.113.